The minimum atomic E-state index is 0.586. The molecule has 0 heterocycles. The highest BCUT2D eigenvalue weighted by Crippen LogP contribution is 2.18. The Morgan fingerprint density at radius 2 is 1.76 bits per heavy atom. The Labute approximate surface area is 105 Å². The van der Waals surface area contributed by atoms with Gasteiger partial charge in [0.1, 0.15) is 5.75 Å². The molecule has 0 radical (unpaired) electrons. The van der Waals surface area contributed by atoms with Gasteiger partial charge in [-0.15, -0.1) is 0 Å². The van der Waals surface area contributed by atoms with Gasteiger partial charge in [0.15, 0.2) is 0 Å². The Bertz CT molecular complexity index is 294. The van der Waals surface area contributed by atoms with Gasteiger partial charge in [-0.25, -0.2) is 0 Å². The van der Waals surface area contributed by atoms with Crippen molar-refractivity contribution in [1.82, 2.24) is 0 Å². The van der Waals surface area contributed by atoms with Crippen molar-refractivity contribution in [3.05, 3.63) is 24.3 Å². The summed E-state index contributed by atoms with van der Waals surface area (Å²) in [5, 5.41) is 3.56. The molecule has 0 aliphatic heterocycles. The molecule has 0 saturated carbocycles. The molecule has 0 fully saturated rings. The van der Waals surface area contributed by atoms with Crippen LogP contribution in [-0.4, -0.2) is 12.6 Å². The molecule has 1 aromatic carbocycles. The molecule has 0 amide bonds. The second-order valence-corrected chi connectivity index (χ2v) is 4.41. The third-order valence-electron chi connectivity index (χ3n) is 2.83. The maximum atomic E-state index is 5.56. The smallest absolute Gasteiger partial charge is 0.119 e. The normalized spacial score (nSPS) is 12.2. The van der Waals surface area contributed by atoms with E-state index in [0.717, 1.165) is 18.8 Å². The molecule has 0 aliphatic rings. The highest BCUT2D eigenvalue weighted by molar-refractivity contribution is 5.47. The Balaban J connectivity index is 2.49. The number of hydrogen-bond donors (Lipinski definition) is 1. The molecular weight excluding hydrogens is 210 g/mol. The fraction of sp³-hybridized carbons (Fsp3) is 0.600. The predicted molar refractivity (Wildman–Crippen MR) is 74.8 cm³/mol. The average Bonchev–Trinajstić information content (AvgIpc) is 2.37. The van der Waals surface area contributed by atoms with Crippen LogP contribution in [0.4, 0.5) is 5.69 Å². The van der Waals surface area contributed by atoms with Crippen LogP contribution >= 0.6 is 0 Å². The SMILES string of the molecule is CCCOc1ccc(NC(CC)CCC)cc1. The van der Waals surface area contributed by atoms with Crippen LogP contribution in [0.15, 0.2) is 24.3 Å². The minimum Gasteiger partial charge on any atom is -0.494 e. The van der Waals surface area contributed by atoms with Crippen molar-refractivity contribution < 1.29 is 4.74 Å². The number of anilines is 1. The van der Waals surface area contributed by atoms with Crippen LogP contribution in [0.25, 0.3) is 0 Å². The molecule has 1 rings (SSSR count). The Morgan fingerprint density at radius 3 is 2.29 bits per heavy atom. The summed E-state index contributed by atoms with van der Waals surface area (Å²) >= 11 is 0. The minimum absolute atomic E-state index is 0.586. The average molecular weight is 235 g/mol. The molecule has 1 unspecified atom stereocenters. The summed E-state index contributed by atoms with van der Waals surface area (Å²) in [5.41, 5.74) is 1.19. The van der Waals surface area contributed by atoms with Gasteiger partial charge in [-0.05, 0) is 43.5 Å². The molecule has 1 atom stereocenters. The van der Waals surface area contributed by atoms with E-state index >= 15 is 0 Å². The summed E-state index contributed by atoms with van der Waals surface area (Å²) in [7, 11) is 0. The van der Waals surface area contributed by atoms with Crippen LogP contribution < -0.4 is 10.1 Å². The van der Waals surface area contributed by atoms with E-state index in [-0.39, 0.29) is 0 Å². The summed E-state index contributed by atoms with van der Waals surface area (Å²) in [6, 6.07) is 8.86. The first-order chi connectivity index (χ1) is 8.30. The van der Waals surface area contributed by atoms with Crippen molar-refractivity contribution in [3.63, 3.8) is 0 Å². The van der Waals surface area contributed by atoms with Gasteiger partial charge in [0.25, 0.3) is 0 Å². The molecule has 0 bridgehead atoms. The molecule has 1 aromatic rings. The third-order valence-corrected chi connectivity index (χ3v) is 2.83. The summed E-state index contributed by atoms with van der Waals surface area (Å²) in [4.78, 5) is 0. The van der Waals surface area contributed by atoms with E-state index in [9.17, 15) is 0 Å². The van der Waals surface area contributed by atoms with Gasteiger partial charge in [0.05, 0.1) is 6.61 Å². The third kappa shape index (κ3) is 5.12. The first-order valence-electron chi connectivity index (χ1n) is 6.79. The number of rotatable bonds is 8. The first-order valence-corrected chi connectivity index (χ1v) is 6.79. The van der Waals surface area contributed by atoms with Crippen LogP contribution in [0, 0.1) is 0 Å². The zero-order valence-corrected chi connectivity index (χ0v) is 11.3. The largest absolute Gasteiger partial charge is 0.494 e. The maximum absolute atomic E-state index is 5.56. The second-order valence-electron chi connectivity index (χ2n) is 4.41. The summed E-state index contributed by atoms with van der Waals surface area (Å²) in [6.07, 6.45) is 4.67. The molecule has 0 aliphatic carbocycles. The van der Waals surface area contributed by atoms with Crippen LogP contribution in [0.3, 0.4) is 0 Å². The van der Waals surface area contributed by atoms with E-state index in [1.807, 2.05) is 12.1 Å². The molecule has 0 saturated heterocycles. The first kappa shape index (κ1) is 13.9. The van der Waals surface area contributed by atoms with Gasteiger partial charge >= 0.3 is 0 Å². The van der Waals surface area contributed by atoms with Gasteiger partial charge in [-0.1, -0.05) is 27.2 Å². The summed E-state index contributed by atoms with van der Waals surface area (Å²) < 4.78 is 5.56. The van der Waals surface area contributed by atoms with Gasteiger partial charge in [0.2, 0.25) is 0 Å². The summed E-state index contributed by atoms with van der Waals surface area (Å²) in [6.45, 7) is 7.37. The van der Waals surface area contributed by atoms with E-state index in [2.05, 4.69) is 38.2 Å². The van der Waals surface area contributed by atoms with Crippen LogP contribution in [-0.2, 0) is 0 Å². The van der Waals surface area contributed by atoms with E-state index < -0.39 is 0 Å². The molecule has 0 aromatic heterocycles. The molecule has 2 heteroatoms. The molecular formula is C15H25NO. The number of nitrogens with one attached hydrogen (secondary N) is 1. The van der Waals surface area contributed by atoms with Gasteiger partial charge < -0.3 is 10.1 Å². The zero-order chi connectivity index (χ0) is 12.5. The fourth-order valence-corrected chi connectivity index (χ4v) is 1.83. The maximum Gasteiger partial charge on any atom is 0.119 e. The molecule has 96 valence electrons. The van der Waals surface area contributed by atoms with Gasteiger partial charge in [-0.2, -0.15) is 0 Å². The van der Waals surface area contributed by atoms with Crippen LogP contribution in [0.1, 0.15) is 46.5 Å². The highest BCUT2D eigenvalue weighted by Gasteiger charge is 2.04. The standard InChI is InChI=1S/C15H25NO/c1-4-7-13(6-3)16-14-8-10-15(11-9-14)17-12-5-2/h8-11,13,16H,4-7,12H2,1-3H3. The highest BCUT2D eigenvalue weighted by atomic mass is 16.5. The lowest BCUT2D eigenvalue weighted by Gasteiger charge is -2.17. The summed E-state index contributed by atoms with van der Waals surface area (Å²) in [5.74, 6) is 0.959. The predicted octanol–water partition coefficient (Wildman–Crippen LogP) is 4.47. The monoisotopic (exact) mass is 235 g/mol. The number of benzene rings is 1. The molecule has 2 nitrogen and oxygen atoms in total. The zero-order valence-electron chi connectivity index (χ0n) is 11.3. The number of hydrogen-bond acceptors (Lipinski definition) is 2. The van der Waals surface area contributed by atoms with Gasteiger partial charge in [0, 0.05) is 11.7 Å². The van der Waals surface area contributed by atoms with Crippen LogP contribution in [0.5, 0.6) is 5.75 Å². The van der Waals surface area contributed by atoms with Crippen molar-refractivity contribution >= 4 is 5.69 Å². The van der Waals surface area contributed by atoms with Crippen molar-refractivity contribution in [2.24, 2.45) is 0 Å². The quantitative estimate of drug-likeness (QED) is 0.718. The van der Waals surface area contributed by atoms with E-state index in [1.54, 1.807) is 0 Å². The van der Waals surface area contributed by atoms with Crippen molar-refractivity contribution in [2.75, 3.05) is 11.9 Å². The lowest BCUT2D eigenvalue weighted by atomic mass is 10.1. The lowest BCUT2D eigenvalue weighted by molar-refractivity contribution is 0.317. The van der Waals surface area contributed by atoms with E-state index in [0.29, 0.717) is 6.04 Å². The van der Waals surface area contributed by atoms with Crippen LogP contribution in [0.2, 0.25) is 0 Å². The molecule has 0 spiro atoms. The molecule has 1 N–H and O–H groups in total. The lowest BCUT2D eigenvalue weighted by Crippen LogP contribution is -2.17. The Kier molecular flexibility index (Phi) is 6.53. The van der Waals surface area contributed by atoms with E-state index in [1.165, 1.54) is 24.9 Å². The topological polar surface area (TPSA) is 21.3 Å². The van der Waals surface area contributed by atoms with Crippen molar-refractivity contribution in [3.8, 4) is 5.75 Å². The van der Waals surface area contributed by atoms with Gasteiger partial charge in [-0.3, -0.25) is 0 Å². The number of ether oxygens (including phenoxy) is 1. The van der Waals surface area contributed by atoms with Crippen molar-refractivity contribution in [2.45, 2.75) is 52.5 Å². The second kappa shape index (κ2) is 7.99. The Morgan fingerprint density at radius 1 is 1.06 bits per heavy atom. The fourth-order valence-electron chi connectivity index (χ4n) is 1.83. The Hall–Kier alpha value is -1.18. The van der Waals surface area contributed by atoms with E-state index in [4.69, 9.17) is 4.74 Å². The van der Waals surface area contributed by atoms with Crippen molar-refractivity contribution in [1.29, 1.82) is 0 Å². The molecule has 17 heavy (non-hydrogen) atoms.